The first-order chi connectivity index (χ1) is 4.04. The lowest BCUT2D eigenvalue weighted by Crippen LogP contribution is -2.39. The van der Waals surface area contributed by atoms with E-state index in [1.807, 2.05) is 13.8 Å². The van der Waals surface area contributed by atoms with Crippen molar-refractivity contribution in [2.75, 3.05) is 13.7 Å². The zero-order chi connectivity index (χ0) is 7.07. The number of hydrogen-bond acceptors (Lipinski definition) is 2. The fraction of sp³-hybridized carbons (Fsp3) is 0.833. The molecule has 0 unspecified atom stereocenters. The van der Waals surface area contributed by atoms with Gasteiger partial charge in [0.1, 0.15) is 0 Å². The molecule has 0 aromatic heterocycles. The highest BCUT2D eigenvalue weighted by Gasteiger charge is 2.35. The maximum Gasteiger partial charge on any atom is 0.243 e. The Morgan fingerprint density at radius 3 is 2.33 bits per heavy atom. The molecular weight excluding hydrogens is 116 g/mol. The molecule has 52 valence electrons. The van der Waals surface area contributed by atoms with Crippen LogP contribution in [0.4, 0.5) is 0 Å². The molecule has 0 saturated carbocycles. The molecule has 0 spiro atoms. The largest absolute Gasteiger partial charge is 0.331 e. The molecule has 1 aliphatic rings. The summed E-state index contributed by atoms with van der Waals surface area (Å²) in [7, 11) is 1.80. The van der Waals surface area contributed by atoms with Crippen LogP contribution in [0.5, 0.6) is 0 Å². The third-order valence-electron chi connectivity index (χ3n) is 1.64. The summed E-state index contributed by atoms with van der Waals surface area (Å²) < 4.78 is 0. The van der Waals surface area contributed by atoms with Crippen LogP contribution in [0.3, 0.4) is 0 Å². The number of nitrogens with zero attached hydrogens (tertiary/aromatic N) is 1. The van der Waals surface area contributed by atoms with E-state index < -0.39 is 0 Å². The Balaban J connectivity index is 2.74. The number of likely N-dealkylation sites (N-methyl/N-ethyl adjacent to an activating group) is 1. The molecule has 1 N–H and O–H groups in total. The second-order valence-corrected chi connectivity index (χ2v) is 2.96. The predicted molar refractivity (Wildman–Crippen MR) is 34.9 cm³/mol. The molecule has 3 heteroatoms. The summed E-state index contributed by atoms with van der Waals surface area (Å²) in [6, 6.07) is 0. The normalized spacial score (nSPS) is 25.2. The lowest BCUT2D eigenvalue weighted by Gasteiger charge is -2.13. The van der Waals surface area contributed by atoms with Gasteiger partial charge in [-0.1, -0.05) is 0 Å². The van der Waals surface area contributed by atoms with Crippen LogP contribution in [-0.4, -0.2) is 30.1 Å². The molecule has 0 bridgehead atoms. The lowest BCUT2D eigenvalue weighted by atomic mass is 10.1. The Bertz CT molecular complexity index is 142. The van der Waals surface area contributed by atoms with E-state index in [9.17, 15) is 4.79 Å². The predicted octanol–water partition coefficient (Wildman–Crippen LogP) is -0.216. The number of carbonyl (C=O) groups excluding carboxylic acids is 1. The van der Waals surface area contributed by atoms with Crippen LogP contribution in [-0.2, 0) is 4.79 Å². The molecule has 0 aromatic carbocycles. The first-order valence-electron chi connectivity index (χ1n) is 3.04. The quantitative estimate of drug-likeness (QED) is 0.489. The maximum absolute atomic E-state index is 11.1. The SMILES string of the molecule is CN1CNC(C)(C)C1=O. The molecule has 1 rings (SSSR count). The Morgan fingerprint density at radius 2 is 2.22 bits per heavy atom. The third kappa shape index (κ3) is 0.920. The zero-order valence-corrected chi connectivity index (χ0v) is 6.06. The van der Waals surface area contributed by atoms with Crippen LogP contribution in [0, 0.1) is 0 Å². The fourth-order valence-electron chi connectivity index (χ4n) is 0.941. The first-order valence-corrected chi connectivity index (χ1v) is 3.04. The first kappa shape index (κ1) is 6.55. The highest BCUT2D eigenvalue weighted by atomic mass is 16.2. The fourth-order valence-corrected chi connectivity index (χ4v) is 0.941. The number of hydrogen-bond donors (Lipinski definition) is 1. The minimum atomic E-state index is -0.339. The summed E-state index contributed by atoms with van der Waals surface area (Å²) in [4.78, 5) is 12.8. The topological polar surface area (TPSA) is 32.3 Å². The second-order valence-electron chi connectivity index (χ2n) is 2.96. The Hall–Kier alpha value is -0.570. The summed E-state index contributed by atoms with van der Waals surface area (Å²) in [5.41, 5.74) is -0.339. The van der Waals surface area contributed by atoms with E-state index in [0.717, 1.165) is 0 Å². The van der Waals surface area contributed by atoms with Crippen LogP contribution < -0.4 is 5.32 Å². The van der Waals surface area contributed by atoms with Crippen molar-refractivity contribution in [3.05, 3.63) is 0 Å². The number of rotatable bonds is 0. The molecule has 1 fully saturated rings. The summed E-state index contributed by atoms with van der Waals surface area (Å²) in [6.07, 6.45) is 0. The summed E-state index contributed by atoms with van der Waals surface area (Å²) in [6.45, 7) is 4.45. The summed E-state index contributed by atoms with van der Waals surface area (Å²) >= 11 is 0. The van der Waals surface area contributed by atoms with Gasteiger partial charge in [-0.15, -0.1) is 0 Å². The molecule has 1 amide bonds. The molecule has 1 saturated heterocycles. The van der Waals surface area contributed by atoms with Gasteiger partial charge < -0.3 is 4.90 Å². The van der Waals surface area contributed by atoms with Crippen LogP contribution in [0.25, 0.3) is 0 Å². The molecule has 0 aromatic rings. The van der Waals surface area contributed by atoms with E-state index in [1.165, 1.54) is 0 Å². The van der Waals surface area contributed by atoms with Gasteiger partial charge in [0, 0.05) is 7.05 Å². The van der Waals surface area contributed by atoms with E-state index >= 15 is 0 Å². The smallest absolute Gasteiger partial charge is 0.243 e. The van der Waals surface area contributed by atoms with Crippen molar-refractivity contribution in [2.24, 2.45) is 0 Å². The van der Waals surface area contributed by atoms with Gasteiger partial charge in [-0.3, -0.25) is 10.1 Å². The van der Waals surface area contributed by atoms with Crippen molar-refractivity contribution in [1.29, 1.82) is 0 Å². The molecule has 0 radical (unpaired) electrons. The van der Waals surface area contributed by atoms with Crippen molar-refractivity contribution in [1.82, 2.24) is 10.2 Å². The van der Waals surface area contributed by atoms with Crippen LogP contribution in [0.15, 0.2) is 0 Å². The summed E-state index contributed by atoms with van der Waals surface area (Å²) in [5, 5.41) is 3.07. The standard InChI is InChI=1S/C6H12N2O/c1-6(2)5(9)8(3)4-7-6/h7H,4H2,1-3H3. The second kappa shape index (κ2) is 1.70. The maximum atomic E-state index is 11.1. The molecule has 9 heavy (non-hydrogen) atoms. The minimum absolute atomic E-state index is 0.169. The summed E-state index contributed by atoms with van der Waals surface area (Å²) in [5.74, 6) is 0.169. The van der Waals surface area contributed by atoms with Crippen molar-refractivity contribution in [3.63, 3.8) is 0 Å². The van der Waals surface area contributed by atoms with Gasteiger partial charge in [0.25, 0.3) is 0 Å². The van der Waals surface area contributed by atoms with E-state index in [-0.39, 0.29) is 11.4 Å². The Morgan fingerprint density at radius 1 is 1.67 bits per heavy atom. The van der Waals surface area contributed by atoms with E-state index in [4.69, 9.17) is 0 Å². The van der Waals surface area contributed by atoms with Gasteiger partial charge in [-0.25, -0.2) is 0 Å². The molecule has 1 aliphatic heterocycles. The van der Waals surface area contributed by atoms with Crippen LogP contribution >= 0.6 is 0 Å². The average Bonchev–Trinajstić information content (AvgIpc) is 1.97. The zero-order valence-electron chi connectivity index (χ0n) is 6.06. The van der Waals surface area contributed by atoms with Crippen molar-refractivity contribution < 1.29 is 4.79 Å². The van der Waals surface area contributed by atoms with Crippen LogP contribution in [0.1, 0.15) is 13.8 Å². The number of carbonyl (C=O) groups is 1. The van der Waals surface area contributed by atoms with Crippen molar-refractivity contribution in [2.45, 2.75) is 19.4 Å². The van der Waals surface area contributed by atoms with Gasteiger partial charge in [0.05, 0.1) is 12.2 Å². The molecule has 0 atom stereocenters. The van der Waals surface area contributed by atoms with E-state index in [2.05, 4.69) is 5.32 Å². The van der Waals surface area contributed by atoms with Crippen molar-refractivity contribution >= 4 is 5.91 Å². The molecule has 1 heterocycles. The Kier molecular flexibility index (Phi) is 1.24. The highest BCUT2D eigenvalue weighted by Crippen LogP contribution is 2.11. The minimum Gasteiger partial charge on any atom is -0.331 e. The van der Waals surface area contributed by atoms with E-state index in [1.54, 1.807) is 11.9 Å². The highest BCUT2D eigenvalue weighted by molar-refractivity contribution is 5.87. The number of amides is 1. The average molecular weight is 128 g/mol. The van der Waals surface area contributed by atoms with Gasteiger partial charge in [0.2, 0.25) is 5.91 Å². The number of nitrogens with one attached hydrogen (secondary N) is 1. The van der Waals surface area contributed by atoms with Gasteiger partial charge in [-0.05, 0) is 13.8 Å². The third-order valence-corrected chi connectivity index (χ3v) is 1.64. The Labute approximate surface area is 55.0 Å². The van der Waals surface area contributed by atoms with Crippen molar-refractivity contribution in [3.8, 4) is 0 Å². The lowest BCUT2D eigenvalue weighted by molar-refractivity contribution is -0.130. The van der Waals surface area contributed by atoms with Crippen LogP contribution in [0.2, 0.25) is 0 Å². The molecule has 0 aliphatic carbocycles. The van der Waals surface area contributed by atoms with E-state index in [0.29, 0.717) is 6.67 Å². The van der Waals surface area contributed by atoms with Gasteiger partial charge >= 0.3 is 0 Å². The monoisotopic (exact) mass is 128 g/mol. The van der Waals surface area contributed by atoms with Gasteiger partial charge in [0.15, 0.2) is 0 Å². The van der Waals surface area contributed by atoms with Gasteiger partial charge in [-0.2, -0.15) is 0 Å². The molecule has 3 nitrogen and oxygen atoms in total. The molecular formula is C6H12N2O.